The van der Waals surface area contributed by atoms with E-state index in [4.69, 9.17) is 9.84 Å². The van der Waals surface area contributed by atoms with Crippen molar-refractivity contribution in [3.05, 3.63) is 36.4 Å². The van der Waals surface area contributed by atoms with E-state index in [0.29, 0.717) is 16.5 Å². The van der Waals surface area contributed by atoms with Crippen LogP contribution in [-0.4, -0.2) is 39.0 Å². The van der Waals surface area contributed by atoms with Gasteiger partial charge >= 0.3 is 5.97 Å². The fourth-order valence-corrected chi connectivity index (χ4v) is 3.38. The zero-order valence-electron chi connectivity index (χ0n) is 11.4. The van der Waals surface area contributed by atoms with E-state index in [0.717, 1.165) is 0 Å². The van der Waals surface area contributed by atoms with Crippen LogP contribution in [0.25, 0.3) is 10.8 Å². The molecule has 0 aliphatic heterocycles. The zero-order valence-corrected chi connectivity index (χ0v) is 12.2. The van der Waals surface area contributed by atoms with Crippen molar-refractivity contribution in [2.75, 3.05) is 19.5 Å². The van der Waals surface area contributed by atoms with Gasteiger partial charge in [0.1, 0.15) is 11.6 Å². The summed E-state index contributed by atoms with van der Waals surface area (Å²) in [5.41, 5.74) is 0. The Kier molecular flexibility index (Phi) is 4.44. The van der Waals surface area contributed by atoms with E-state index in [2.05, 4.69) is 5.32 Å². The number of hydrogen-bond acceptors (Lipinski definition) is 5. The number of sulfone groups is 1. The number of rotatable bonds is 6. The first-order valence-electron chi connectivity index (χ1n) is 6.16. The molecule has 0 radical (unpaired) electrons. The molecule has 2 N–H and O–H groups in total. The minimum atomic E-state index is -3.64. The number of hydrogen-bond donors (Lipinski definition) is 2. The predicted octanol–water partition coefficient (Wildman–Crippen LogP) is 1.25. The lowest BCUT2D eigenvalue weighted by Gasteiger charge is -2.11. The Balaban J connectivity index is 2.44. The molecule has 0 aromatic heterocycles. The van der Waals surface area contributed by atoms with Crippen molar-refractivity contribution >= 4 is 26.6 Å². The molecule has 0 heterocycles. The highest BCUT2D eigenvalue weighted by Crippen LogP contribution is 2.31. The Morgan fingerprint density at radius 3 is 2.48 bits per heavy atom. The summed E-state index contributed by atoms with van der Waals surface area (Å²) in [6.45, 7) is -0.409. The van der Waals surface area contributed by atoms with Crippen molar-refractivity contribution in [3.63, 3.8) is 0 Å². The van der Waals surface area contributed by atoms with Crippen LogP contribution < -0.4 is 10.1 Å². The number of carboxylic acids is 1. The van der Waals surface area contributed by atoms with Gasteiger partial charge in [0.05, 0.1) is 18.6 Å². The Labute approximate surface area is 122 Å². The third-order valence-corrected chi connectivity index (χ3v) is 4.58. The zero-order chi connectivity index (χ0) is 15.5. The third kappa shape index (κ3) is 3.32. The van der Waals surface area contributed by atoms with Gasteiger partial charge in [-0.2, -0.15) is 0 Å². The van der Waals surface area contributed by atoms with E-state index in [-0.39, 0.29) is 4.90 Å². The number of ether oxygens (including phenoxy) is 1. The van der Waals surface area contributed by atoms with Crippen LogP contribution in [0.2, 0.25) is 0 Å². The standard InChI is InChI=1S/C14H15NO5S/c1-20-12-6-7-13(11-5-3-2-4-10(11)12)21(18,19)9-15-8-14(16)17/h2-7,15H,8-9H2,1H3,(H,16,17). The first-order chi connectivity index (χ1) is 9.95. The molecule has 6 nitrogen and oxygen atoms in total. The van der Waals surface area contributed by atoms with E-state index in [1.807, 2.05) is 0 Å². The van der Waals surface area contributed by atoms with Gasteiger partial charge in [0.25, 0.3) is 0 Å². The molecule has 0 saturated carbocycles. The Morgan fingerprint density at radius 1 is 1.19 bits per heavy atom. The first-order valence-corrected chi connectivity index (χ1v) is 7.82. The van der Waals surface area contributed by atoms with E-state index in [9.17, 15) is 13.2 Å². The summed E-state index contributed by atoms with van der Waals surface area (Å²) in [6, 6.07) is 10.1. The van der Waals surface area contributed by atoms with Crippen LogP contribution in [0.5, 0.6) is 5.75 Å². The fourth-order valence-electron chi connectivity index (χ4n) is 2.06. The molecule has 2 aromatic rings. The predicted molar refractivity (Wildman–Crippen MR) is 78.2 cm³/mol. The van der Waals surface area contributed by atoms with Gasteiger partial charge in [-0.25, -0.2) is 8.42 Å². The minimum absolute atomic E-state index is 0.150. The molecule has 0 aliphatic rings. The SMILES string of the molecule is COc1ccc(S(=O)(=O)CNCC(=O)O)c2ccccc12. The van der Waals surface area contributed by atoms with Gasteiger partial charge in [0.15, 0.2) is 9.84 Å². The monoisotopic (exact) mass is 309 g/mol. The number of carbonyl (C=O) groups is 1. The molecular weight excluding hydrogens is 294 g/mol. The van der Waals surface area contributed by atoms with Gasteiger partial charge in [-0.05, 0) is 12.1 Å². The Morgan fingerprint density at radius 2 is 1.86 bits per heavy atom. The highest BCUT2D eigenvalue weighted by molar-refractivity contribution is 7.91. The normalized spacial score (nSPS) is 11.5. The largest absolute Gasteiger partial charge is 0.496 e. The molecule has 7 heteroatoms. The van der Waals surface area contributed by atoms with Crippen molar-refractivity contribution in [1.82, 2.24) is 5.32 Å². The summed E-state index contributed by atoms with van der Waals surface area (Å²) in [4.78, 5) is 10.6. The van der Waals surface area contributed by atoms with Crippen molar-refractivity contribution in [2.24, 2.45) is 0 Å². The van der Waals surface area contributed by atoms with Gasteiger partial charge in [0, 0.05) is 10.8 Å². The van der Waals surface area contributed by atoms with Crippen LogP contribution in [0, 0.1) is 0 Å². The second kappa shape index (κ2) is 6.11. The fraction of sp³-hybridized carbons (Fsp3) is 0.214. The molecule has 0 bridgehead atoms. The molecule has 0 aliphatic carbocycles. The lowest BCUT2D eigenvalue weighted by molar-refractivity contribution is -0.135. The second-order valence-corrected chi connectivity index (χ2v) is 6.35. The lowest BCUT2D eigenvalue weighted by atomic mass is 10.1. The smallest absolute Gasteiger partial charge is 0.317 e. The number of carboxylic acid groups (broad SMARTS) is 1. The van der Waals surface area contributed by atoms with Crippen LogP contribution in [0.3, 0.4) is 0 Å². The van der Waals surface area contributed by atoms with Gasteiger partial charge in [-0.15, -0.1) is 0 Å². The summed E-state index contributed by atoms with van der Waals surface area (Å²) in [6.07, 6.45) is 0. The average Bonchev–Trinajstić information content (AvgIpc) is 2.45. The van der Waals surface area contributed by atoms with Gasteiger partial charge in [-0.1, -0.05) is 24.3 Å². The highest BCUT2D eigenvalue weighted by Gasteiger charge is 2.19. The van der Waals surface area contributed by atoms with E-state index >= 15 is 0 Å². The molecule has 0 unspecified atom stereocenters. The molecule has 0 spiro atoms. The molecule has 2 rings (SSSR count). The number of fused-ring (bicyclic) bond motifs is 1. The minimum Gasteiger partial charge on any atom is -0.496 e. The maximum Gasteiger partial charge on any atom is 0.317 e. The summed E-state index contributed by atoms with van der Waals surface area (Å²) < 4.78 is 29.9. The maximum absolute atomic E-state index is 12.3. The number of aliphatic carboxylic acids is 1. The molecule has 2 aromatic carbocycles. The number of nitrogens with one attached hydrogen (secondary N) is 1. The van der Waals surface area contributed by atoms with Crippen molar-refractivity contribution in [2.45, 2.75) is 4.90 Å². The van der Waals surface area contributed by atoms with E-state index in [1.165, 1.54) is 13.2 Å². The van der Waals surface area contributed by atoms with Crippen molar-refractivity contribution in [3.8, 4) is 5.75 Å². The quantitative estimate of drug-likeness (QED) is 0.834. The molecule has 0 atom stereocenters. The van der Waals surface area contributed by atoms with Gasteiger partial charge in [0.2, 0.25) is 0 Å². The van der Waals surface area contributed by atoms with Crippen molar-refractivity contribution in [1.29, 1.82) is 0 Å². The summed E-state index contributed by atoms with van der Waals surface area (Å²) in [5, 5.41) is 12.2. The maximum atomic E-state index is 12.3. The summed E-state index contributed by atoms with van der Waals surface area (Å²) in [5.74, 6) is -0.955. The molecule has 0 amide bonds. The summed E-state index contributed by atoms with van der Waals surface area (Å²) >= 11 is 0. The first kappa shape index (κ1) is 15.3. The Hall–Kier alpha value is -2.12. The third-order valence-electron chi connectivity index (χ3n) is 2.97. The Bertz CT molecular complexity index is 770. The molecule has 112 valence electrons. The van der Waals surface area contributed by atoms with Gasteiger partial charge in [-0.3, -0.25) is 10.1 Å². The molecular formula is C14H15NO5S. The average molecular weight is 309 g/mol. The van der Waals surface area contributed by atoms with Crippen LogP contribution in [0.15, 0.2) is 41.3 Å². The van der Waals surface area contributed by atoms with Crippen LogP contribution in [0.1, 0.15) is 0 Å². The van der Waals surface area contributed by atoms with Crippen molar-refractivity contribution < 1.29 is 23.1 Å². The van der Waals surface area contributed by atoms with E-state index in [1.54, 1.807) is 30.3 Å². The second-order valence-electron chi connectivity index (χ2n) is 4.39. The highest BCUT2D eigenvalue weighted by atomic mass is 32.2. The number of methoxy groups -OCH3 is 1. The molecule has 21 heavy (non-hydrogen) atoms. The molecule has 0 saturated heterocycles. The number of benzene rings is 2. The molecule has 0 fully saturated rings. The lowest BCUT2D eigenvalue weighted by Crippen LogP contribution is -2.28. The topological polar surface area (TPSA) is 92.7 Å². The summed E-state index contributed by atoms with van der Waals surface area (Å²) in [7, 11) is -2.12. The van der Waals surface area contributed by atoms with Crippen LogP contribution >= 0.6 is 0 Å². The van der Waals surface area contributed by atoms with Gasteiger partial charge < -0.3 is 9.84 Å². The van der Waals surface area contributed by atoms with E-state index < -0.39 is 28.2 Å². The van der Waals surface area contributed by atoms with Crippen LogP contribution in [-0.2, 0) is 14.6 Å². The van der Waals surface area contributed by atoms with Crippen LogP contribution in [0.4, 0.5) is 0 Å².